The Morgan fingerprint density at radius 1 is 1.04 bits per heavy atom. The van der Waals surface area contributed by atoms with Crippen LogP contribution in [0.2, 0.25) is 0 Å². The van der Waals surface area contributed by atoms with Gasteiger partial charge in [-0.25, -0.2) is 9.59 Å². The molecule has 7 nitrogen and oxygen atoms in total. The number of carbonyl (C=O) groups is 3. The zero-order chi connectivity index (χ0) is 20.7. The van der Waals surface area contributed by atoms with Crippen molar-refractivity contribution in [2.24, 2.45) is 0 Å². The molecule has 1 N–H and O–H groups in total. The molecule has 0 heterocycles. The van der Waals surface area contributed by atoms with E-state index in [0.717, 1.165) is 38.5 Å². The minimum Gasteiger partial charge on any atom is -0.467 e. The summed E-state index contributed by atoms with van der Waals surface area (Å²) in [5, 5.41) is 2.36. The second kappa shape index (κ2) is 14.1. The largest absolute Gasteiger partial charge is 0.467 e. The summed E-state index contributed by atoms with van der Waals surface area (Å²) >= 11 is 0. The molecule has 0 aliphatic heterocycles. The maximum Gasteiger partial charge on any atom is 0.408 e. The molecular weight excluding hydrogens is 350 g/mol. The Kier molecular flexibility index (Phi) is 13.0. The molecule has 0 saturated heterocycles. The van der Waals surface area contributed by atoms with Crippen molar-refractivity contribution in [2.75, 3.05) is 13.7 Å². The molecule has 0 aliphatic rings. The second-order valence-corrected chi connectivity index (χ2v) is 7.35. The van der Waals surface area contributed by atoms with E-state index in [1.54, 1.807) is 20.8 Å². The van der Waals surface area contributed by atoms with Gasteiger partial charge in [0.15, 0.2) is 6.04 Å². The van der Waals surface area contributed by atoms with Crippen LogP contribution in [-0.4, -0.2) is 43.4 Å². The number of carbonyl (C=O) groups excluding carboxylic acids is 3. The van der Waals surface area contributed by atoms with Gasteiger partial charge < -0.3 is 19.5 Å². The highest BCUT2D eigenvalue weighted by Gasteiger charge is 2.26. The van der Waals surface area contributed by atoms with E-state index in [9.17, 15) is 14.4 Å². The van der Waals surface area contributed by atoms with Crippen LogP contribution in [0.1, 0.15) is 72.1 Å². The van der Waals surface area contributed by atoms with Crippen LogP contribution in [0.15, 0.2) is 12.7 Å². The number of hydrogen-bond donors (Lipinski definition) is 1. The summed E-state index contributed by atoms with van der Waals surface area (Å²) in [7, 11) is 1.20. The second-order valence-electron chi connectivity index (χ2n) is 7.35. The van der Waals surface area contributed by atoms with Gasteiger partial charge in [-0.15, -0.1) is 6.58 Å². The average Bonchev–Trinajstić information content (AvgIpc) is 2.58. The lowest BCUT2D eigenvalue weighted by molar-refractivity contribution is -0.150. The monoisotopic (exact) mass is 385 g/mol. The van der Waals surface area contributed by atoms with Crippen molar-refractivity contribution >= 4 is 18.0 Å². The summed E-state index contributed by atoms with van der Waals surface area (Å²) in [5.74, 6) is -1.10. The van der Waals surface area contributed by atoms with Crippen LogP contribution in [0.3, 0.4) is 0 Å². The van der Waals surface area contributed by atoms with E-state index in [0.29, 0.717) is 0 Å². The summed E-state index contributed by atoms with van der Waals surface area (Å²) < 4.78 is 14.8. The third kappa shape index (κ3) is 14.8. The Hall–Kier alpha value is -2.05. The quantitative estimate of drug-likeness (QED) is 0.224. The van der Waals surface area contributed by atoms with Gasteiger partial charge in [-0.2, -0.15) is 0 Å². The number of amides is 1. The molecule has 0 aromatic heterocycles. The van der Waals surface area contributed by atoms with Crippen molar-refractivity contribution in [3.63, 3.8) is 0 Å². The van der Waals surface area contributed by atoms with Crippen LogP contribution in [0.5, 0.6) is 0 Å². The predicted octanol–water partition coefficient (Wildman–Crippen LogP) is 3.90. The molecule has 0 rings (SSSR count). The molecule has 0 bridgehead atoms. The van der Waals surface area contributed by atoms with E-state index < -0.39 is 29.7 Å². The first-order valence-electron chi connectivity index (χ1n) is 9.53. The fourth-order valence-corrected chi connectivity index (χ4v) is 2.27. The molecule has 156 valence electrons. The molecule has 0 radical (unpaired) electrons. The van der Waals surface area contributed by atoms with Crippen molar-refractivity contribution in [3.05, 3.63) is 12.7 Å². The number of allylic oxidation sites excluding steroid dienone is 1. The van der Waals surface area contributed by atoms with Crippen molar-refractivity contribution < 1.29 is 28.6 Å². The number of unbranched alkanes of at least 4 members (excludes halogenated alkanes) is 6. The molecule has 0 spiro atoms. The molecule has 27 heavy (non-hydrogen) atoms. The van der Waals surface area contributed by atoms with E-state index in [1.165, 1.54) is 13.5 Å². The highest BCUT2D eigenvalue weighted by atomic mass is 16.6. The first kappa shape index (κ1) is 24.9. The Labute approximate surface area is 162 Å². The summed E-state index contributed by atoms with van der Waals surface area (Å²) in [6.07, 6.45) is 8.74. The average molecular weight is 386 g/mol. The van der Waals surface area contributed by atoms with Gasteiger partial charge in [-0.1, -0.05) is 31.8 Å². The van der Waals surface area contributed by atoms with Gasteiger partial charge in [0.25, 0.3) is 0 Å². The van der Waals surface area contributed by atoms with Crippen LogP contribution in [0, 0.1) is 0 Å². The smallest absolute Gasteiger partial charge is 0.408 e. The topological polar surface area (TPSA) is 90.9 Å². The maximum atomic E-state index is 11.8. The van der Waals surface area contributed by atoms with Gasteiger partial charge in [0.2, 0.25) is 0 Å². The molecule has 0 aromatic rings. The van der Waals surface area contributed by atoms with E-state index in [4.69, 9.17) is 9.47 Å². The van der Waals surface area contributed by atoms with E-state index in [1.807, 2.05) is 6.08 Å². The van der Waals surface area contributed by atoms with Gasteiger partial charge in [-0.05, 0) is 40.0 Å². The summed E-state index contributed by atoms with van der Waals surface area (Å²) in [6, 6.07) is -1.10. The van der Waals surface area contributed by atoms with Crippen molar-refractivity contribution in [1.82, 2.24) is 5.32 Å². The lowest BCUT2D eigenvalue weighted by Gasteiger charge is -2.22. The molecule has 1 atom stereocenters. The molecule has 7 heteroatoms. The highest BCUT2D eigenvalue weighted by molar-refractivity contribution is 5.82. The van der Waals surface area contributed by atoms with E-state index in [-0.39, 0.29) is 13.0 Å². The maximum absolute atomic E-state index is 11.8. The normalized spacial score (nSPS) is 12.0. The zero-order valence-corrected chi connectivity index (χ0v) is 17.2. The van der Waals surface area contributed by atoms with Crippen LogP contribution in [0.4, 0.5) is 4.79 Å². The Morgan fingerprint density at radius 3 is 2.19 bits per heavy atom. The number of ether oxygens (including phenoxy) is 3. The number of nitrogens with one attached hydrogen (secondary N) is 1. The summed E-state index contributed by atoms with van der Waals surface area (Å²) in [6.45, 7) is 8.53. The van der Waals surface area contributed by atoms with Crippen LogP contribution >= 0.6 is 0 Å². The molecule has 1 amide bonds. The number of esters is 2. The number of alkyl carbamates (subject to hydrolysis) is 1. The molecule has 0 aliphatic carbocycles. The molecule has 0 aromatic carbocycles. The number of hydrogen-bond acceptors (Lipinski definition) is 6. The Balaban J connectivity index is 4.09. The first-order chi connectivity index (χ1) is 12.7. The van der Waals surface area contributed by atoms with E-state index >= 15 is 0 Å². The molecule has 0 saturated carbocycles. The number of methoxy groups -OCH3 is 1. The molecular formula is C20H35NO6. The van der Waals surface area contributed by atoms with Gasteiger partial charge in [0, 0.05) is 6.42 Å². The minimum absolute atomic E-state index is 0.285. The Morgan fingerprint density at radius 2 is 1.63 bits per heavy atom. The Bertz CT molecular complexity index is 470. The lowest BCUT2D eigenvalue weighted by atomic mass is 10.1. The first-order valence-corrected chi connectivity index (χ1v) is 9.53. The molecule has 0 fully saturated rings. The predicted molar refractivity (Wildman–Crippen MR) is 103 cm³/mol. The third-order valence-corrected chi connectivity index (χ3v) is 3.63. The summed E-state index contributed by atoms with van der Waals surface area (Å²) in [4.78, 5) is 35.3. The van der Waals surface area contributed by atoms with Crippen LogP contribution in [-0.2, 0) is 23.8 Å². The van der Waals surface area contributed by atoms with Crippen LogP contribution in [0.25, 0.3) is 0 Å². The zero-order valence-electron chi connectivity index (χ0n) is 17.2. The highest BCUT2D eigenvalue weighted by Crippen LogP contribution is 2.10. The van der Waals surface area contributed by atoms with Gasteiger partial charge in [0.05, 0.1) is 7.11 Å². The van der Waals surface area contributed by atoms with Crippen LogP contribution < -0.4 is 5.32 Å². The molecule has 0 unspecified atom stereocenters. The minimum atomic E-state index is -1.10. The van der Waals surface area contributed by atoms with Crippen molar-refractivity contribution in [2.45, 2.75) is 83.8 Å². The fourth-order valence-electron chi connectivity index (χ4n) is 2.27. The van der Waals surface area contributed by atoms with Gasteiger partial charge in [0.1, 0.15) is 12.2 Å². The van der Waals surface area contributed by atoms with E-state index in [2.05, 4.69) is 16.6 Å². The SMILES string of the molecule is C=CCCCCCCCCC(=O)OC[C@H](NC(=O)OC(C)(C)C)C(=O)OC. The summed E-state index contributed by atoms with van der Waals surface area (Å²) in [5.41, 5.74) is -0.701. The lowest BCUT2D eigenvalue weighted by Crippen LogP contribution is -2.47. The van der Waals surface area contributed by atoms with Crippen molar-refractivity contribution in [1.29, 1.82) is 0 Å². The van der Waals surface area contributed by atoms with Crippen molar-refractivity contribution in [3.8, 4) is 0 Å². The fraction of sp³-hybridized carbons (Fsp3) is 0.750. The van der Waals surface area contributed by atoms with Gasteiger partial charge in [-0.3, -0.25) is 4.79 Å². The standard InChI is InChI=1S/C20H35NO6/c1-6-7-8-9-10-11-12-13-14-17(22)26-15-16(18(23)25-5)21-19(24)27-20(2,3)4/h6,16H,1,7-15H2,2-5H3,(H,21,24)/t16-/m0/s1. The third-order valence-electron chi connectivity index (χ3n) is 3.63. The van der Waals surface area contributed by atoms with Gasteiger partial charge >= 0.3 is 18.0 Å². The number of rotatable bonds is 13.